The smallest absolute Gasteiger partial charge is 0.191 e. The summed E-state index contributed by atoms with van der Waals surface area (Å²) in [4.78, 5) is 4.25. The van der Waals surface area contributed by atoms with Crippen LogP contribution in [0, 0.1) is 0 Å². The number of guanidine groups is 1. The summed E-state index contributed by atoms with van der Waals surface area (Å²) in [5.74, 6) is 1.94. The number of aliphatic imine (C=N–C) groups is 1. The van der Waals surface area contributed by atoms with Crippen LogP contribution in [-0.4, -0.2) is 33.3 Å². The topological polar surface area (TPSA) is 54.9 Å². The van der Waals surface area contributed by atoms with Gasteiger partial charge in [0.25, 0.3) is 0 Å². The van der Waals surface area contributed by atoms with Crippen molar-refractivity contribution in [2.75, 3.05) is 27.3 Å². The predicted molar refractivity (Wildman–Crippen MR) is 123 cm³/mol. The number of ether oxygens (including phenoxy) is 2. The Bertz CT molecular complexity index is 727. The van der Waals surface area contributed by atoms with Crippen molar-refractivity contribution < 1.29 is 9.47 Å². The first kappa shape index (κ1) is 23.4. The van der Waals surface area contributed by atoms with Crippen molar-refractivity contribution in [3.05, 3.63) is 58.6 Å². The van der Waals surface area contributed by atoms with Gasteiger partial charge in [-0.1, -0.05) is 41.9 Å². The van der Waals surface area contributed by atoms with Crippen LogP contribution in [0.5, 0.6) is 11.5 Å². The average Bonchev–Trinajstić information content (AvgIpc) is 2.67. The van der Waals surface area contributed by atoms with Crippen molar-refractivity contribution in [1.82, 2.24) is 10.6 Å². The molecule has 148 valence electrons. The van der Waals surface area contributed by atoms with Crippen LogP contribution >= 0.6 is 35.6 Å². The summed E-state index contributed by atoms with van der Waals surface area (Å²) >= 11 is 6.31. The van der Waals surface area contributed by atoms with Gasteiger partial charge in [0.05, 0.1) is 18.7 Å². The predicted octanol–water partition coefficient (Wildman–Crippen LogP) is 4.27. The number of halogens is 2. The normalized spacial score (nSPS) is 10.7. The number of hydrogen-bond acceptors (Lipinski definition) is 3. The van der Waals surface area contributed by atoms with Crippen LogP contribution in [0.1, 0.15) is 18.1 Å². The zero-order chi connectivity index (χ0) is 18.8. The second kappa shape index (κ2) is 12.7. The van der Waals surface area contributed by atoms with Crippen LogP contribution in [-0.2, 0) is 13.0 Å². The van der Waals surface area contributed by atoms with Crippen molar-refractivity contribution >= 4 is 41.5 Å². The largest absolute Gasteiger partial charge is 0.493 e. The standard InChI is InChI=1S/C20H26ClN3O2.HI/c1-4-26-19-17(21)12-16(13-18(19)25-3)14-24-20(22-2)23-11-10-15-8-6-5-7-9-15;/h5-9,12-13H,4,10-11,14H2,1-3H3,(H2,22,23,24);1H. The molecule has 0 atom stereocenters. The lowest BCUT2D eigenvalue weighted by atomic mass is 10.1. The molecule has 27 heavy (non-hydrogen) atoms. The van der Waals surface area contributed by atoms with E-state index >= 15 is 0 Å². The van der Waals surface area contributed by atoms with E-state index in [0.29, 0.717) is 29.7 Å². The summed E-state index contributed by atoms with van der Waals surface area (Å²) in [7, 11) is 3.36. The first-order valence-corrected chi connectivity index (χ1v) is 9.03. The number of nitrogens with one attached hydrogen (secondary N) is 2. The third-order valence-corrected chi connectivity index (χ3v) is 4.09. The van der Waals surface area contributed by atoms with E-state index in [-0.39, 0.29) is 24.0 Å². The molecule has 0 fully saturated rings. The summed E-state index contributed by atoms with van der Waals surface area (Å²) < 4.78 is 10.9. The molecule has 7 heteroatoms. The highest BCUT2D eigenvalue weighted by Gasteiger charge is 2.11. The molecule has 0 heterocycles. The van der Waals surface area contributed by atoms with Crippen molar-refractivity contribution in [3.8, 4) is 11.5 Å². The zero-order valence-corrected chi connectivity index (χ0v) is 19.0. The van der Waals surface area contributed by atoms with Gasteiger partial charge in [0, 0.05) is 20.1 Å². The fourth-order valence-corrected chi connectivity index (χ4v) is 2.82. The minimum absolute atomic E-state index is 0. The third-order valence-electron chi connectivity index (χ3n) is 3.81. The monoisotopic (exact) mass is 503 g/mol. The number of benzene rings is 2. The van der Waals surface area contributed by atoms with Gasteiger partial charge in [-0.2, -0.15) is 0 Å². The lowest BCUT2D eigenvalue weighted by Crippen LogP contribution is -2.37. The molecule has 0 radical (unpaired) electrons. The molecular weight excluding hydrogens is 477 g/mol. The summed E-state index contributed by atoms with van der Waals surface area (Å²) in [5, 5.41) is 7.14. The molecule has 0 aromatic heterocycles. The quantitative estimate of drug-likeness (QED) is 0.321. The number of hydrogen-bond donors (Lipinski definition) is 2. The number of methoxy groups -OCH3 is 1. The van der Waals surface area contributed by atoms with Crippen LogP contribution in [0.2, 0.25) is 5.02 Å². The van der Waals surface area contributed by atoms with Crippen molar-refractivity contribution in [1.29, 1.82) is 0 Å². The van der Waals surface area contributed by atoms with E-state index in [0.717, 1.165) is 24.5 Å². The summed E-state index contributed by atoms with van der Waals surface area (Å²) in [6, 6.07) is 14.1. The van der Waals surface area contributed by atoms with Crippen LogP contribution < -0.4 is 20.1 Å². The Morgan fingerprint density at radius 3 is 2.48 bits per heavy atom. The highest BCUT2D eigenvalue weighted by Crippen LogP contribution is 2.36. The SMILES string of the molecule is CCOc1c(Cl)cc(CNC(=NC)NCCc2ccccc2)cc1OC.I. The Labute approximate surface area is 183 Å². The van der Waals surface area contributed by atoms with E-state index in [4.69, 9.17) is 21.1 Å². The molecule has 0 unspecified atom stereocenters. The molecule has 0 spiro atoms. The van der Waals surface area contributed by atoms with E-state index in [1.807, 2.05) is 37.3 Å². The maximum Gasteiger partial charge on any atom is 0.191 e. The summed E-state index contributed by atoms with van der Waals surface area (Å²) in [5.41, 5.74) is 2.28. The molecule has 2 N–H and O–H groups in total. The molecule has 2 aromatic carbocycles. The van der Waals surface area contributed by atoms with Crippen LogP contribution in [0.15, 0.2) is 47.5 Å². The van der Waals surface area contributed by atoms with Gasteiger partial charge in [-0.15, -0.1) is 24.0 Å². The Morgan fingerprint density at radius 1 is 1.11 bits per heavy atom. The molecule has 0 amide bonds. The van der Waals surface area contributed by atoms with Crippen molar-refractivity contribution in [2.24, 2.45) is 4.99 Å². The van der Waals surface area contributed by atoms with E-state index in [9.17, 15) is 0 Å². The van der Waals surface area contributed by atoms with E-state index < -0.39 is 0 Å². The minimum Gasteiger partial charge on any atom is -0.493 e. The fraction of sp³-hybridized carbons (Fsp3) is 0.350. The first-order valence-electron chi connectivity index (χ1n) is 8.65. The second-order valence-corrected chi connectivity index (χ2v) is 6.04. The molecule has 0 aliphatic heterocycles. The van der Waals surface area contributed by atoms with Gasteiger partial charge < -0.3 is 20.1 Å². The number of nitrogens with zero attached hydrogens (tertiary/aromatic N) is 1. The Morgan fingerprint density at radius 2 is 1.85 bits per heavy atom. The lowest BCUT2D eigenvalue weighted by Gasteiger charge is -2.15. The fourth-order valence-electron chi connectivity index (χ4n) is 2.54. The summed E-state index contributed by atoms with van der Waals surface area (Å²) in [6.45, 7) is 3.83. The van der Waals surface area contributed by atoms with Gasteiger partial charge in [-0.3, -0.25) is 4.99 Å². The second-order valence-electron chi connectivity index (χ2n) is 5.63. The maximum atomic E-state index is 6.31. The van der Waals surface area contributed by atoms with Crippen LogP contribution in [0.3, 0.4) is 0 Å². The minimum atomic E-state index is 0. The molecule has 0 bridgehead atoms. The van der Waals surface area contributed by atoms with Gasteiger partial charge in [0.15, 0.2) is 17.5 Å². The Hall–Kier alpha value is -1.67. The Balaban J connectivity index is 0.00000364. The van der Waals surface area contributed by atoms with Crippen LogP contribution in [0.25, 0.3) is 0 Å². The highest BCUT2D eigenvalue weighted by molar-refractivity contribution is 14.0. The van der Waals surface area contributed by atoms with Crippen molar-refractivity contribution in [3.63, 3.8) is 0 Å². The molecule has 2 rings (SSSR count). The van der Waals surface area contributed by atoms with Gasteiger partial charge in [-0.05, 0) is 36.6 Å². The first-order chi connectivity index (χ1) is 12.7. The van der Waals surface area contributed by atoms with Crippen molar-refractivity contribution in [2.45, 2.75) is 19.9 Å². The van der Waals surface area contributed by atoms with Gasteiger partial charge in [0.2, 0.25) is 0 Å². The molecule has 0 saturated heterocycles. The molecular formula is C20H27ClIN3O2. The Kier molecular flexibility index (Phi) is 11.0. The van der Waals surface area contributed by atoms with E-state index in [2.05, 4.69) is 27.8 Å². The van der Waals surface area contributed by atoms with Gasteiger partial charge in [0.1, 0.15) is 0 Å². The zero-order valence-electron chi connectivity index (χ0n) is 15.9. The van der Waals surface area contributed by atoms with Gasteiger partial charge >= 0.3 is 0 Å². The van der Waals surface area contributed by atoms with Gasteiger partial charge in [-0.25, -0.2) is 0 Å². The maximum absolute atomic E-state index is 6.31. The molecule has 2 aromatic rings. The number of rotatable bonds is 8. The highest BCUT2D eigenvalue weighted by atomic mass is 127. The van der Waals surface area contributed by atoms with Crippen LogP contribution in [0.4, 0.5) is 0 Å². The molecule has 0 aliphatic carbocycles. The third kappa shape index (κ3) is 7.46. The van der Waals surface area contributed by atoms with E-state index in [1.54, 1.807) is 14.2 Å². The lowest BCUT2D eigenvalue weighted by molar-refractivity contribution is 0.311. The van der Waals surface area contributed by atoms with E-state index in [1.165, 1.54) is 5.56 Å². The molecule has 5 nitrogen and oxygen atoms in total. The molecule has 0 aliphatic rings. The average molecular weight is 504 g/mol. The summed E-state index contributed by atoms with van der Waals surface area (Å²) in [6.07, 6.45) is 0.935. The molecule has 0 saturated carbocycles.